The summed E-state index contributed by atoms with van der Waals surface area (Å²) in [7, 11) is 1.59. The van der Waals surface area contributed by atoms with Gasteiger partial charge in [-0.3, -0.25) is 4.79 Å². The lowest BCUT2D eigenvalue weighted by molar-refractivity contribution is 0.0752. The van der Waals surface area contributed by atoms with Crippen LogP contribution in [0.5, 0.6) is 5.75 Å². The van der Waals surface area contributed by atoms with Crippen molar-refractivity contribution in [1.82, 2.24) is 0 Å². The third kappa shape index (κ3) is 5.00. The van der Waals surface area contributed by atoms with Gasteiger partial charge in [-0.2, -0.15) is 0 Å². The molecule has 0 aliphatic rings. The van der Waals surface area contributed by atoms with Gasteiger partial charge in [-0.25, -0.2) is 0 Å². The minimum atomic E-state index is 0.000369. The Labute approximate surface area is 103 Å². The molecule has 0 aliphatic heterocycles. The number of benzene rings is 1. The summed E-state index contributed by atoms with van der Waals surface area (Å²) in [4.78, 5) is 11.8. The lowest BCUT2D eigenvalue weighted by Crippen LogP contribution is -2.09. The Morgan fingerprint density at radius 1 is 1.29 bits per heavy atom. The number of carbonyl (C=O) groups excluding carboxylic acids is 1. The first-order valence-electron chi connectivity index (χ1n) is 6.03. The predicted molar refractivity (Wildman–Crippen MR) is 67.7 cm³/mol. The van der Waals surface area contributed by atoms with Crippen molar-refractivity contribution in [3.63, 3.8) is 0 Å². The van der Waals surface area contributed by atoms with Crippen LogP contribution in [0.25, 0.3) is 0 Å². The average Bonchev–Trinajstić information content (AvgIpc) is 2.38. The number of carbonyl (C=O) groups is 1. The summed E-state index contributed by atoms with van der Waals surface area (Å²) in [6.45, 7) is 2.95. The van der Waals surface area contributed by atoms with E-state index >= 15 is 0 Å². The summed E-state index contributed by atoms with van der Waals surface area (Å²) in [5, 5.41) is 0. The minimum Gasteiger partial charge on any atom is -0.497 e. The molecule has 0 aliphatic carbocycles. The Morgan fingerprint density at radius 3 is 2.82 bits per heavy atom. The molecule has 0 fully saturated rings. The van der Waals surface area contributed by atoms with E-state index in [2.05, 4.69) is 6.92 Å². The van der Waals surface area contributed by atoms with Crippen molar-refractivity contribution in [3.8, 4) is 5.75 Å². The van der Waals surface area contributed by atoms with Gasteiger partial charge in [0.05, 0.1) is 7.11 Å². The van der Waals surface area contributed by atoms with Gasteiger partial charge in [0.2, 0.25) is 0 Å². The van der Waals surface area contributed by atoms with Gasteiger partial charge in [0, 0.05) is 12.2 Å². The van der Waals surface area contributed by atoms with E-state index < -0.39 is 0 Å². The van der Waals surface area contributed by atoms with Gasteiger partial charge < -0.3 is 9.47 Å². The first-order valence-corrected chi connectivity index (χ1v) is 6.03. The molecule has 0 radical (unpaired) electrons. The highest BCUT2D eigenvalue weighted by Gasteiger charge is 2.06. The predicted octanol–water partition coefficient (Wildman–Crippen LogP) is 3.08. The van der Waals surface area contributed by atoms with Crippen LogP contribution in [-0.4, -0.2) is 26.1 Å². The van der Waals surface area contributed by atoms with Crippen LogP contribution in [-0.2, 0) is 4.74 Å². The lowest BCUT2D eigenvalue weighted by atomic mass is 10.1. The van der Waals surface area contributed by atoms with E-state index in [1.807, 2.05) is 12.1 Å². The maximum Gasteiger partial charge on any atom is 0.188 e. The minimum absolute atomic E-state index is 0.000369. The second-order valence-electron chi connectivity index (χ2n) is 3.91. The lowest BCUT2D eigenvalue weighted by Gasteiger charge is -2.05. The summed E-state index contributed by atoms with van der Waals surface area (Å²) in [5.74, 6) is 0.697. The summed E-state index contributed by atoms with van der Waals surface area (Å²) in [5.41, 5.74) is 0.639. The molecule has 17 heavy (non-hydrogen) atoms. The summed E-state index contributed by atoms with van der Waals surface area (Å²) in [6.07, 6.45) is 3.32. The molecule has 0 aromatic heterocycles. The molecule has 0 bridgehead atoms. The monoisotopic (exact) mass is 236 g/mol. The van der Waals surface area contributed by atoms with Gasteiger partial charge in [-0.1, -0.05) is 31.9 Å². The molecule has 1 aromatic carbocycles. The van der Waals surface area contributed by atoms with Crippen LogP contribution >= 0.6 is 0 Å². The third-order valence-electron chi connectivity index (χ3n) is 2.52. The van der Waals surface area contributed by atoms with E-state index in [1.165, 1.54) is 0 Å². The maximum atomic E-state index is 11.8. The number of hydrogen-bond donors (Lipinski definition) is 0. The number of ketones is 1. The zero-order valence-electron chi connectivity index (χ0n) is 10.6. The third-order valence-corrected chi connectivity index (χ3v) is 2.52. The molecule has 94 valence electrons. The van der Waals surface area contributed by atoms with Crippen LogP contribution in [0.4, 0.5) is 0 Å². The zero-order chi connectivity index (χ0) is 12.5. The normalized spacial score (nSPS) is 10.2. The second kappa shape index (κ2) is 7.85. The van der Waals surface area contributed by atoms with E-state index in [0.717, 1.165) is 19.3 Å². The highest BCUT2D eigenvalue weighted by Crippen LogP contribution is 2.13. The Balaban J connectivity index is 2.36. The van der Waals surface area contributed by atoms with Crippen molar-refractivity contribution in [1.29, 1.82) is 0 Å². The number of ether oxygens (including phenoxy) is 2. The van der Waals surface area contributed by atoms with E-state index in [4.69, 9.17) is 9.47 Å². The molecule has 0 atom stereocenters. The molecule has 1 rings (SSSR count). The fraction of sp³-hybridized carbons (Fsp3) is 0.500. The first kappa shape index (κ1) is 13.7. The maximum absolute atomic E-state index is 11.8. The molecule has 0 unspecified atom stereocenters. The Morgan fingerprint density at radius 2 is 2.12 bits per heavy atom. The standard InChI is InChI=1S/C14H20O3/c1-3-4-5-9-17-11-14(15)12-7-6-8-13(10-12)16-2/h6-8,10H,3-5,9,11H2,1-2H3. The van der Waals surface area contributed by atoms with Crippen molar-refractivity contribution in [3.05, 3.63) is 29.8 Å². The van der Waals surface area contributed by atoms with Gasteiger partial charge in [0.15, 0.2) is 5.78 Å². The van der Waals surface area contributed by atoms with Gasteiger partial charge >= 0.3 is 0 Å². The molecule has 3 nitrogen and oxygen atoms in total. The van der Waals surface area contributed by atoms with Crippen LogP contribution in [0.3, 0.4) is 0 Å². The van der Waals surface area contributed by atoms with Crippen LogP contribution < -0.4 is 4.74 Å². The van der Waals surface area contributed by atoms with Crippen molar-refractivity contribution >= 4 is 5.78 Å². The van der Waals surface area contributed by atoms with E-state index in [0.29, 0.717) is 17.9 Å². The molecule has 0 N–H and O–H groups in total. The van der Waals surface area contributed by atoms with Crippen molar-refractivity contribution < 1.29 is 14.3 Å². The largest absolute Gasteiger partial charge is 0.497 e. The van der Waals surface area contributed by atoms with Crippen LogP contribution in [0.1, 0.15) is 36.5 Å². The van der Waals surface area contributed by atoms with Gasteiger partial charge in [0.25, 0.3) is 0 Å². The smallest absolute Gasteiger partial charge is 0.188 e. The molecule has 0 heterocycles. The Kier molecular flexibility index (Phi) is 6.33. The molecule has 1 aromatic rings. The topological polar surface area (TPSA) is 35.5 Å². The molecular weight excluding hydrogens is 216 g/mol. The number of unbranched alkanes of at least 4 members (excludes halogenated alkanes) is 2. The van der Waals surface area contributed by atoms with Gasteiger partial charge in [-0.05, 0) is 18.6 Å². The highest BCUT2D eigenvalue weighted by molar-refractivity contribution is 5.97. The molecule has 0 saturated heterocycles. The first-order chi connectivity index (χ1) is 8.27. The van der Waals surface area contributed by atoms with Crippen LogP contribution in [0.15, 0.2) is 24.3 Å². The fourth-order valence-electron chi connectivity index (χ4n) is 1.50. The number of Topliss-reactive ketones (excluding diaryl/α,β-unsaturated/α-hetero) is 1. The summed E-state index contributed by atoms with van der Waals surface area (Å²) in [6, 6.07) is 7.14. The summed E-state index contributed by atoms with van der Waals surface area (Å²) < 4.78 is 10.4. The number of hydrogen-bond acceptors (Lipinski definition) is 3. The Bertz CT molecular complexity index is 347. The van der Waals surface area contributed by atoms with E-state index in [-0.39, 0.29) is 12.4 Å². The van der Waals surface area contributed by atoms with Crippen LogP contribution in [0.2, 0.25) is 0 Å². The van der Waals surface area contributed by atoms with Gasteiger partial charge in [-0.15, -0.1) is 0 Å². The molecule has 0 amide bonds. The average molecular weight is 236 g/mol. The van der Waals surface area contributed by atoms with Gasteiger partial charge in [0.1, 0.15) is 12.4 Å². The Hall–Kier alpha value is -1.35. The number of rotatable bonds is 8. The SMILES string of the molecule is CCCCCOCC(=O)c1cccc(OC)c1. The zero-order valence-corrected chi connectivity index (χ0v) is 10.6. The molecular formula is C14H20O3. The quantitative estimate of drug-likeness (QED) is 0.514. The number of methoxy groups -OCH3 is 1. The molecule has 3 heteroatoms. The highest BCUT2D eigenvalue weighted by atomic mass is 16.5. The summed E-state index contributed by atoms with van der Waals surface area (Å²) >= 11 is 0. The van der Waals surface area contributed by atoms with Crippen molar-refractivity contribution in [2.45, 2.75) is 26.2 Å². The van der Waals surface area contributed by atoms with Crippen molar-refractivity contribution in [2.24, 2.45) is 0 Å². The second-order valence-corrected chi connectivity index (χ2v) is 3.91. The van der Waals surface area contributed by atoms with Crippen molar-refractivity contribution in [2.75, 3.05) is 20.3 Å². The molecule has 0 saturated carbocycles. The molecule has 0 spiro atoms. The van der Waals surface area contributed by atoms with E-state index in [9.17, 15) is 4.79 Å². The fourth-order valence-corrected chi connectivity index (χ4v) is 1.50. The van der Waals surface area contributed by atoms with E-state index in [1.54, 1.807) is 19.2 Å². The van der Waals surface area contributed by atoms with Crippen LogP contribution in [0, 0.1) is 0 Å².